The van der Waals surface area contributed by atoms with E-state index in [9.17, 15) is 4.79 Å². The molecule has 1 fully saturated rings. The Morgan fingerprint density at radius 2 is 2.04 bits per heavy atom. The molecule has 1 saturated heterocycles. The van der Waals surface area contributed by atoms with E-state index >= 15 is 0 Å². The lowest BCUT2D eigenvalue weighted by molar-refractivity contribution is 0.0774. The Hall–Kier alpha value is -2.38. The third-order valence-corrected chi connectivity index (χ3v) is 5.46. The summed E-state index contributed by atoms with van der Waals surface area (Å²) >= 11 is 6.28. The molecule has 148 valence electrons. The minimum atomic E-state index is -0.0289. The molecule has 0 aliphatic carbocycles. The summed E-state index contributed by atoms with van der Waals surface area (Å²) in [5.74, 6) is 1.20. The first-order chi connectivity index (χ1) is 13.6. The van der Waals surface area contributed by atoms with Gasteiger partial charge in [0.2, 0.25) is 5.95 Å². The first kappa shape index (κ1) is 19.0. The monoisotopic (exact) mass is 401 g/mol. The summed E-state index contributed by atoms with van der Waals surface area (Å²) in [7, 11) is 0. The fourth-order valence-electron chi connectivity index (χ4n) is 3.48. The molecule has 2 aromatic rings. The molecule has 1 aromatic carbocycles. The fourth-order valence-corrected chi connectivity index (χ4v) is 3.66. The number of hydrogen-bond acceptors (Lipinski definition) is 6. The number of amides is 1. The predicted octanol–water partition coefficient (Wildman–Crippen LogP) is 3.38. The molecule has 0 bridgehead atoms. The summed E-state index contributed by atoms with van der Waals surface area (Å²) < 4.78 is 5.43. The Bertz CT molecular complexity index is 898. The van der Waals surface area contributed by atoms with E-state index in [0.717, 1.165) is 23.2 Å². The molecule has 4 rings (SSSR count). The van der Waals surface area contributed by atoms with Crippen LogP contribution >= 0.6 is 11.6 Å². The summed E-state index contributed by atoms with van der Waals surface area (Å²) in [4.78, 5) is 26.2. The van der Waals surface area contributed by atoms with Crippen molar-refractivity contribution >= 4 is 35.0 Å². The van der Waals surface area contributed by atoms with Gasteiger partial charge in [0.1, 0.15) is 11.5 Å². The SMILES string of the molecule is CCCN1Cc2c(Nc3ccc(C)c(Cl)c3)nc(N3CCOCC3)nc2C1=O. The van der Waals surface area contributed by atoms with Gasteiger partial charge in [-0.15, -0.1) is 0 Å². The quantitative estimate of drug-likeness (QED) is 0.828. The van der Waals surface area contributed by atoms with Gasteiger partial charge >= 0.3 is 0 Å². The maximum atomic E-state index is 12.9. The molecule has 2 aliphatic heterocycles. The standard InChI is InChI=1S/C20H24ClN5O2/c1-3-6-26-12-15-17(19(26)27)23-20(25-7-9-28-10-8-25)24-18(15)22-14-5-4-13(2)16(21)11-14/h4-5,11H,3,6-10,12H2,1-2H3,(H,22,23,24). The predicted molar refractivity (Wildman–Crippen MR) is 110 cm³/mol. The number of fused-ring (bicyclic) bond motifs is 1. The van der Waals surface area contributed by atoms with Gasteiger partial charge in [0.15, 0.2) is 0 Å². The number of benzene rings is 1. The second kappa shape index (κ2) is 7.93. The molecule has 0 atom stereocenters. The molecule has 7 nitrogen and oxygen atoms in total. The zero-order valence-electron chi connectivity index (χ0n) is 16.2. The van der Waals surface area contributed by atoms with Crippen LogP contribution in [-0.2, 0) is 11.3 Å². The largest absolute Gasteiger partial charge is 0.378 e. The molecule has 28 heavy (non-hydrogen) atoms. The third-order valence-electron chi connectivity index (χ3n) is 5.06. The van der Waals surface area contributed by atoms with E-state index in [1.54, 1.807) is 0 Å². The fraction of sp³-hybridized carbons (Fsp3) is 0.450. The molecular weight excluding hydrogens is 378 g/mol. The Labute approximate surface area is 169 Å². The van der Waals surface area contributed by atoms with Crippen LogP contribution in [0.4, 0.5) is 17.5 Å². The van der Waals surface area contributed by atoms with E-state index in [0.29, 0.717) is 61.9 Å². The number of morpholine rings is 1. The zero-order chi connectivity index (χ0) is 19.7. The average molecular weight is 402 g/mol. The molecule has 8 heteroatoms. The summed E-state index contributed by atoms with van der Waals surface area (Å²) in [6.07, 6.45) is 0.903. The van der Waals surface area contributed by atoms with Crippen LogP contribution < -0.4 is 10.2 Å². The Kier molecular flexibility index (Phi) is 5.37. The lowest BCUT2D eigenvalue weighted by Crippen LogP contribution is -2.37. The van der Waals surface area contributed by atoms with Crippen molar-refractivity contribution in [2.24, 2.45) is 0 Å². The van der Waals surface area contributed by atoms with Crippen LogP contribution in [0.15, 0.2) is 18.2 Å². The minimum Gasteiger partial charge on any atom is -0.378 e. The van der Waals surface area contributed by atoms with Crippen molar-refractivity contribution in [2.75, 3.05) is 43.1 Å². The molecule has 1 amide bonds. The molecule has 0 saturated carbocycles. The van der Waals surface area contributed by atoms with Crippen LogP contribution in [0.5, 0.6) is 0 Å². The molecule has 2 aliphatic rings. The normalized spacial score (nSPS) is 16.5. The highest BCUT2D eigenvalue weighted by atomic mass is 35.5. The van der Waals surface area contributed by atoms with Crippen LogP contribution in [0, 0.1) is 6.92 Å². The van der Waals surface area contributed by atoms with Crippen LogP contribution in [0.25, 0.3) is 0 Å². The summed E-state index contributed by atoms with van der Waals surface area (Å²) in [5, 5.41) is 4.05. The van der Waals surface area contributed by atoms with Crippen LogP contribution in [0.1, 0.15) is 35.0 Å². The van der Waals surface area contributed by atoms with Crippen LogP contribution in [0.3, 0.4) is 0 Å². The molecule has 0 spiro atoms. The average Bonchev–Trinajstić information content (AvgIpc) is 3.02. The number of hydrogen-bond donors (Lipinski definition) is 1. The van der Waals surface area contributed by atoms with Crippen molar-refractivity contribution in [3.05, 3.63) is 40.0 Å². The van der Waals surface area contributed by atoms with Crippen LogP contribution in [-0.4, -0.2) is 53.6 Å². The number of ether oxygens (including phenoxy) is 1. The second-order valence-corrected chi connectivity index (χ2v) is 7.52. The molecular formula is C20H24ClN5O2. The van der Waals surface area contributed by atoms with E-state index in [4.69, 9.17) is 21.3 Å². The molecule has 0 unspecified atom stereocenters. The number of nitrogens with zero attached hydrogens (tertiary/aromatic N) is 4. The van der Waals surface area contributed by atoms with Crippen molar-refractivity contribution in [3.8, 4) is 0 Å². The van der Waals surface area contributed by atoms with Crippen molar-refractivity contribution in [1.82, 2.24) is 14.9 Å². The van der Waals surface area contributed by atoms with E-state index in [1.807, 2.05) is 30.0 Å². The Morgan fingerprint density at radius 3 is 2.75 bits per heavy atom. The van der Waals surface area contributed by atoms with E-state index in [1.165, 1.54) is 0 Å². The maximum absolute atomic E-state index is 12.9. The van der Waals surface area contributed by atoms with Crippen molar-refractivity contribution in [3.63, 3.8) is 0 Å². The molecule has 0 radical (unpaired) electrons. The van der Waals surface area contributed by atoms with Gasteiger partial charge in [-0.25, -0.2) is 4.98 Å². The third kappa shape index (κ3) is 3.64. The van der Waals surface area contributed by atoms with E-state index < -0.39 is 0 Å². The number of carbonyl (C=O) groups is 1. The van der Waals surface area contributed by atoms with Gasteiger partial charge < -0.3 is 19.9 Å². The minimum absolute atomic E-state index is 0.0289. The Morgan fingerprint density at radius 1 is 1.25 bits per heavy atom. The lowest BCUT2D eigenvalue weighted by Gasteiger charge is -2.27. The highest BCUT2D eigenvalue weighted by molar-refractivity contribution is 6.31. The van der Waals surface area contributed by atoms with Gasteiger partial charge in [0.25, 0.3) is 5.91 Å². The maximum Gasteiger partial charge on any atom is 0.273 e. The number of carbonyl (C=O) groups excluding carboxylic acids is 1. The highest BCUT2D eigenvalue weighted by Crippen LogP contribution is 2.32. The number of anilines is 3. The van der Waals surface area contributed by atoms with Gasteiger partial charge in [-0.1, -0.05) is 24.6 Å². The first-order valence-electron chi connectivity index (χ1n) is 9.63. The Balaban J connectivity index is 1.73. The van der Waals surface area contributed by atoms with Gasteiger partial charge in [-0.05, 0) is 31.0 Å². The topological polar surface area (TPSA) is 70.6 Å². The number of aromatic nitrogens is 2. The van der Waals surface area contributed by atoms with Crippen molar-refractivity contribution in [1.29, 1.82) is 0 Å². The van der Waals surface area contributed by atoms with Gasteiger partial charge in [0.05, 0.1) is 19.8 Å². The lowest BCUT2D eigenvalue weighted by atomic mass is 10.2. The first-order valence-corrected chi connectivity index (χ1v) is 10.0. The highest BCUT2D eigenvalue weighted by Gasteiger charge is 2.33. The van der Waals surface area contributed by atoms with Crippen molar-refractivity contribution < 1.29 is 9.53 Å². The van der Waals surface area contributed by atoms with Crippen LogP contribution in [0.2, 0.25) is 5.02 Å². The summed E-state index contributed by atoms with van der Waals surface area (Å²) in [5.41, 5.74) is 3.18. The summed E-state index contributed by atoms with van der Waals surface area (Å²) in [6, 6.07) is 5.80. The molecule has 3 heterocycles. The second-order valence-electron chi connectivity index (χ2n) is 7.11. The van der Waals surface area contributed by atoms with Gasteiger partial charge in [-0.3, -0.25) is 4.79 Å². The van der Waals surface area contributed by atoms with Gasteiger partial charge in [0, 0.05) is 35.9 Å². The number of nitrogens with one attached hydrogen (secondary N) is 1. The van der Waals surface area contributed by atoms with E-state index in [-0.39, 0.29) is 5.91 Å². The molecule has 1 N–H and O–H groups in total. The molecule has 1 aromatic heterocycles. The van der Waals surface area contributed by atoms with E-state index in [2.05, 4.69) is 22.1 Å². The number of rotatable bonds is 5. The smallest absolute Gasteiger partial charge is 0.273 e. The van der Waals surface area contributed by atoms with Gasteiger partial charge in [-0.2, -0.15) is 4.98 Å². The zero-order valence-corrected chi connectivity index (χ0v) is 16.9. The summed E-state index contributed by atoms with van der Waals surface area (Å²) in [6.45, 7) is 7.94. The number of halogens is 1. The number of aryl methyl sites for hydroxylation is 1. The van der Waals surface area contributed by atoms with Crippen molar-refractivity contribution in [2.45, 2.75) is 26.8 Å².